The molecule has 0 bridgehead atoms. The first-order chi connectivity index (χ1) is 7.09. The SMILES string of the molecule is CC(C)c1c[nH]c(=O)c2cc(F)cnc12. The van der Waals surface area contributed by atoms with Crippen LogP contribution in [0.4, 0.5) is 4.39 Å². The molecule has 0 aromatic carbocycles. The first-order valence-corrected chi connectivity index (χ1v) is 4.76. The molecular formula is C11H11FN2O. The molecule has 0 aliphatic heterocycles. The molecule has 2 rings (SSSR count). The van der Waals surface area contributed by atoms with Gasteiger partial charge in [-0.05, 0) is 17.5 Å². The second-order valence-corrected chi connectivity index (χ2v) is 3.78. The zero-order valence-corrected chi connectivity index (χ0v) is 8.54. The van der Waals surface area contributed by atoms with E-state index >= 15 is 0 Å². The van der Waals surface area contributed by atoms with Crippen LogP contribution in [-0.2, 0) is 0 Å². The van der Waals surface area contributed by atoms with Crippen molar-refractivity contribution >= 4 is 10.9 Å². The van der Waals surface area contributed by atoms with Crippen LogP contribution >= 0.6 is 0 Å². The first kappa shape index (κ1) is 9.83. The highest BCUT2D eigenvalue weighted by Crippen LogP contribution is 2.20. The van der Waals surface area contributed by atoms with Gasteiger partial charge in [0.2, 0.25) is 0 Å². The summed E-state index contributed by atoms with van der Waals surface area (Å²) in [6.07, 6.45) is 2.77. The molecular weight excluding hydrogens is 195 g/mol. The van der Waals surface area contributed by atoms with Gasteiger partial charge in [-0.15, -0.1) is 0 Å². The molecule has 78 valence electrons. The number of nitrogens with one attached hydrogen (secondary N) is 1. The topological polar surface area (TPSA) is 45.8 Å². The summed E-state index contributed by atoms with van der Waals surface area (Å²) in [7, 11) is 0. The Morgan fingerprint density at radius 1 is 1.47 bits per heavy atom. The molecule has 0 aliphatic rings. The van der Waals surface area contributed by atoms with E-state index in [2.05, 4.69) is 9.97 Å². The van der Waals surface area contributed by atoms with Crippen molar-refractivity contribution < 1.29 is 4.39 Å². The highest BCUT2D eigenvalue weighted by Gasteiger charge is 2.09. The van der Waals surface area contributed by atoms with Crippen molar-refractivity contribution in [3.63, 3.8) is 0 Å². The Balaban J connectivity index is 2.89. The third kappa shape index (κ3) is 1.63. The van der Waals surface area contributed by atoms with Crippen molar-refractivity contribution in [3.05, 3.63) is 40.2 Å². The molecule has 0 saturated carbocycles. The van der Waals surface area contributed by atoms with Crippen LogP contribution in [0.25, 0.3) is 10.9 Å². The Hall–Kier alpha value is -1.71. The number of nitrogens with zero attached hydrogens (tertiary/aromatic N) is 1. The average molecular weight is 206 g/mol. The Bertz CT molecular complexity index is 560. The van der Waals surface area contributed by atoms with Crippen molar-refractivity contribution in [2.24, 2.45) is 0 Å². The zero-order valence-electron chi connectivity index (χ0n) is 8.54. The fourth-order valence-corrected chi connectivity index (χ4v) is 1.57. The van der Waals surface area contributed by atoms with Gasteiger partial charge < -0.3 is 4.98 Å². The van der Waals surface area contributed by atoms with E-state index in [0.29, 0.717) is 10.9 Å². The lowest BCUT2D eigenvalue weighted by atomic mass is 10.0. The molecule has 2 aromatic rings. The van der Waals surface area contributed by atoms with Gasteiger partial charge in [0.1, 0.15) is 5.82 Å². The first-order valence-electron chi connectivity index (χ1n) is 4.76. The molecule has 0 saturated heterocycles. The van der Waals surface area contributed by atoms with Crippen LogP contribution in [0.3, 0.4) is 0 Å². The summed E-state index contributed by atoms with van der Waals surface area (Å²) in [4.78, 5) is 18.0. The normalized spacial score (nSPS) is 11.2. The molecule has 0 atom stereocenters. The molecule has 2 heterocycles. The van der Waals surface area contributed by atoms with Crippen molar-refractivity contribution in [3.8, 4) is 0 Å². The minimum Gasteiger partial charge on any atom is -0.328 e. The Kier molecular flexibility index (Phi) is 2.26. The van der Waals surface area contributed by atoms with E-state index in [-0.39, 0.29) is 11.5 Å². The number of fused-ring (bicyclic) bond motifs is 1. The smallest absolute Gasteiger partial charge is 0.257 e. The summed E-state index contributed by atoms with van der Waals surface area (Å²) >= 11 is 0. The second kappa shape index (κ2) is 3.46. The minimum absolute atomic E-state index is 0.238. The molecule has 3 nitrogen and oxygen atoms in total. The Morgan fingerprint density at radius 2 is 2.20 bits per heavy atom. The summed E-state index contributed by atoms with van der Waals surface area (Å²) in [6.45, 7) is 4.00. The molecule has 0 fully saturated rings. The van der Waals surface area contributed by atoms with E-state index < -0.39 is 5.82 Å². The minimum atomic E-state index is -0.492. The number of H-pyrrole nitrogens is 1. The summed E-state index contributed by atoms with van der Waals surface area (Å²) in [5.74, 6) is -0.254. The lowest BCUT2D eigenvalue weighted by Gasteiger charge is -2.07. The number of hydrogen-bond donors (Lipinski definition) is 1. The number of hydrogen-bond acceptors (Lipinski definition) is 2. The maximum atomic E-state index is 12.9. The van der Waals surface area contributed by atoms with Gasteiger partial charge in [0.05, 0.1) is 17.1 Å². The maximum absolute atomic E-state index is 12.9. The molecule has 1 N–H and O–H groups in total. The van der Waals surface area contributed by atoms with E-state index in [1.165, 1.54) is 6.07 Å². The largest absolute Gasteiger partial charge is 0.328 e. The van der Waals surface area contributed by atoms with Crippen LogP contribution in [-0.4, -0.2) is 9.97 Å². The molecule has 15 heavy (non-hydrogen) atoms. The van der Waals surface area contributed by atoms with E-state index in [9.17, 15) is 9.18 Å². The van der Waals surface area contributed by atoms with E-state index in [1.807, 2.05) is 13.8 Å². The Labute approximate surface area is 86.0 Å². The monoisotopic (exact) mass is 206 g/mol. The van der Waals surface area contributed by atoms with Crippen LogP contribution in [0.15, 0.2) is 23.3 Å². The van der Waals surface area contributed by atoms with Gasteiger partial charge >= 0.3 is 0 Å². The second-order valence-electron chi connectivity index (χ2n) is 3.78. The number of pyridine rings is 2. The fourth-order valence-electron chi connectivity index (χ4n) is 1.57. The quantitative estimate of drug-likeness (QED) is 0.777. The van der Waals surface area contributed by atoms with Gasteiger partial charge in [-0.3, -0.25) is 9.78 Å². The number of aromatic nitrogens is 2. The predicted octanol–water partition coefficient (Wildman–Crippen LogP) is 2.19. The molecule has 0 spiro atoms. The average Bonchev–Trinajstić information content (AvgIpc) is 2.19. The molecule has 0 amide bonds. The van der Waals surface area contributed by atoms with Gasteiger partial charge in [0, 0.05) is 6.20 Å². The van der Waals surface area contributed by atoms with E-state index in [1.54, 1.807) is 6.20 Å². The van der Waals surface area contributed by atoms with Crippen LogP contribution in [0.2, 0.25) is 0 Å². The third-order valence-electron chi connectivity index (χ3n) is 2.35. The van der Waals surface area contributed by atoms with Gasteiger partial charge in [-0.25, -0.2) is 4.39 Å². The zero-order chi connectivity index (χ0) is 11.0. The lowest BCUT2D eigenvalue weighted by Crippen LogP contribution is -2.09. The molecule has 2 aromatic heterocycles. The van der Waals surface area contributed by atoms with Crippen LogP contribution < -0.4 is 5.56 Å². The number of rotatable bonds is 1. The van der Waals surface area contributed by atoms with Gasteiger partial charge in [-0.2, -0.15) is 0 Å². The molecule has 0 aliphatic carbocycles. The highest BCUT2D eigenvalue weighted by molar-refractivity contribution is 5.80. The summed E-state index contributed by atoms with van der Waals surface area (Å²) < 4.78 is 12.9. The molecule has 4 heteroatoms. The molecule has 0 unspecified atom stereocenters. The van der Waals surface area contributed by atoms with Crippen molar-refractivity contribution in [2.45, 2.75) is 19.8 Å². The fraction of sp³-hybridized carbons (Fsp3) is 0.273. The van der Waals surface area contributed by atoms with Crippen LogP contribution in [0.5, 0.6) is 0 Å². The predicted molar refractivity (Wildman–Crippen MR) is 56.4 cm³/mol. The number of aromatic amines is 1. The number of halogens is 1. The summed E-state index contributed by atoms with van der Waals surface area (Å²) in [5, 5.41) is 0.307. The van der Waals surface area contributed by atoms with Crippen molar-refractivity contribution in [2.75, 3.05) is 0 Å². The van der Waals surface area contributed by atoms with Crippen LogP contribution in [0.1, 0.15) is 25.3 Å². The van der Waals surface area contributed by atoms with Crippen molar-refractivity contribution in [1.29, 1.82) is 0 Å². The molecule has 0 radical (unpaired) electrons. The standard InChI is InChI=1S/C11H11FN2O/c1-6(2)9-5-14-11(15)8-3-7(12)4-13-10(8)9/h3-6H,1-2H3,(H,14,15). The Morgan fingerprint density at radius 3 is 2.87 bits per heavy atom. The van der Waals surface area contributed by atoms with Crippen LogP contribution in [0, 0.1) is 5.82 Å². The van der Waals surface area contributed by atoms with Gasteiger partial charge in [0.15, 0.2) is 0 Å². The summed E-state index contributed by atoms with van der Waals surface area (Å²) in [5.41, 5.74) is 1.20. The third-order valence-corrected chi connectivity index (χ3v) is 2.35. The maximum Gasteiger partial charge on any atom is 0.257 e. The van der Waals surface area contributed by atoms with E-state index in [0.717, 1.165) is 11.8 Å². The van der Waals surface area contributed by atoms with Gasteiger partial charge in [-0.1, -0.05) is 13.8 Å². The van der Waals surface area contributed by atoms with Crippen molar-refractivity contribution in [1.82, 2.24) is 9.97 Å². The lowest BCUT2D eigenvalue weighted by molar-refractivity contribution is 0.624. The summed E-state index contributed by atoms with van der Waals surface area (Å²) in [6, 6.07) is 1.22. The van der Waals surface area contributed by atoms with E-state index in [4.69, 9.17) is 0 Å². The van der Waals surface area contributed by atoms with Gasteiger partial charge in [0.25, 0.3) is 5.56 Å². The highest BCUT2D eigenvalue weighted by atomic mass is 19.1.